The van der Waals surface area contributed by atoms with Gasteiger partial charge in [-0.25, -0.2) is 22.3 Å². The molecule has 6 nitrogen and oxygen atoms in total. The molecular weight excluding hydrogens is 371 g/mol. The molecule has 0 fully saturated rings. The van der Waals surface area contributed by atoms with Crippen molar-refractivity contribution < 1.29 is 22.3 Å². The van der Waals surface area contributed by atoms with E-state index < -0.39 is 27.4 Å². The van der Waals surface area contributed by atoms with Crippen LogP contribution in [0.25, 0.3) is 16.9 Å². The summed E-state index contributed by atoms with van der Waals surface area (Å²) in [6, 6.07) is 13.0. The minimum Gasteiger partial charge on any atom is -0.461 e. The molecule has 8 heteroatoms. The molecule has 0 bridgehead atoms. The third kappa shape index (κ3) is 2.73. The fourth-order valence-electron chi connectivity index (χ4n) is 3.26. The van der Waals surface area contributed by atoms with E-state index in [1.807, 2.05) is 6.07 Å². The quantitative estimate of drug-likeness (QED) is 0.646. The van der Waals surface area contributed by atoms with Crippen LogP contribution < -0.4 is 0 Å². The van der Waals surface area contributed by atoms with E-state index in [0.717, 1.165) is 6.07 Å². The first-order valence-corrected chi connectivity index (χ1v) is 9.95. The summed E-state index contributed by atoms with van der Waals surface area (Å²) in [5, 5.41) is 4.33. The molecule has 138 valence electrons. The van der Waals surface area contributed by atoms with Crippen molar-refractivity contribution in [2.24, 2.45) is 0 Å². The monoisotopic (exact) mass is 386 g/mol. The van der Waals surface area contributed by atoms with Crippen molar-refractivity contribution in [1.29, 1.82) is 0 Å². The van der Waals surface area contributed by atoms with Crippen molar-refractivity contribution in [3.05, 3.63) is 65.6 Å². The van der Waals surface area contributed by atoms with Gasteiger partial charge in [0.15, 0.2) is 15.5 Å². The van der Waals surface area contributed by atoms with Crippen molar-refractivity contribution in [2.45, 2.75) is 17.6 Å². The van der Waals surface area contributed by atoms with E-state index in [0.29, 0.717) is 11.4 Å². The van der Waals surface area contributed by atoms with Crippen molar-refractivity contribution in [2.75, 3.05) is 6.61 Å². The van der Waals surface area contributed by atoms with Crippen molar-refractivity contribution in [3.63, 3.8) is 0 Å². The number of carbonyl (C=O) groups is 1. The molecule has 0 aliphatic carbocycles. The highest BCUT2D eigenvalue weighted by atomic mass is 32.2. The summed E-state index contributed by atoms with van der Waals surface area (Å²) >= 11 is 0. The number of carbonyl (C=O) groups excluding carboxylic acids is 1. The van der Waals surface area contributed by atoms with Crippen LogP contribution in [-0.2, 0) is 20.3 Å². The predicted octanol–water partition coefficient (Wildman–Crippen LogP) is 3.14. The van der Waals surface area contributed by atoms with Gasteiger partial charge >= 0.3 is 5.97 Å². The minimum atomic E-state index is -3.96. The van der Waals surface area contributed by atoms with E-state index in [2.05, 4.69) is 5.10 Å². The highest BCUT2D eigenvalue weighted by Crippen LogP contribution is 2.41. The first-order chi connectivity index (χ1) is 12.9. The number of hydrogen-bond donors (Lipinski definition) is 0. The molecule has 1 aliphatic rings. The fraction of sp³-hybridized carbons (Fsp3) is 0.158. The number of ether oxygens (including phenoxy) is 1. The smallest absolute Gasteiger partial charge is 0.359 e. The van der Waals surface area contributed by atoms with E-state index in [-0.39, 0.29) is 28.3 Å². The van der Waals surface area contributed by atoms with Crippen molar-refractivity contribution >= 4 is 15.8 Å². The van der Waals surface area contributed by atoms with Crippen LogP contribution in [0.15, 0.2) is 53.4 Å². The van der Waals surface area contributed by atoms with Gasteiger partial charge in [0.05, 0.1) is 23.7 Å². The molecule has 1 aliphatic heterocycles. The Kier molecular flexibility index (Phi) is 4.07. The zero-order valence-corrected chi connectivity index (χ0v) is 15.2. The zero-order valence-electron chi connectivity index (χ0n) is 14.3. The van der Waals surface area contributed by atoms with Crippen LogP contribution in [0.2, 0.25) is 0 Å². The Hall–Kier alpha value is -3.00. The van der Waals surface area contributed by atoms with Crippen LogP contribution in [0.3, 0.4) is 0 Å². The zero-order chi connectivity index (χ0) is 19.2. The molecule has 0 spiro atoms. The van der Waals surface area contributed by atoms with E-state index in [9.17, 15) is 17.6 Å². The molecule has 0 atom stereocenters. The number of fused-ring (bicyclic) bond motifs is 3. The molecule has 0 radical (unpaired) electrons. The van der Waals surface area contributed by atoms with E-state index in [4.69, 9.17) is 4.74 Å². The number of esters is 1. The lowest BCUT2D eigenvalue weighted by Gasteiger charge is -2.19. The highest BCUT2D eigenvalue weighted by molar-refractivity contribution is 7.91. The van der Waals surface area contributed by atoms with Crippen LogP contribution in [0.5, 0.6) is 0 Å². The Bertz CT molecular complexity index is 1150. The Morgan fingerprint density at radius 3 is 2.63 bits per heavy atom. The number of aromatic nitrogens is 2. The first-order valence-electron chi connectivity index (χ1n) is 8.30. The summed E-state index contributed by atoms with van der Waals surface area (Å²) < 4.78 is 46.3. The van der Waals surface area contributed by atoms with Gasteiger partial charge in [-0.05, 0) is 25.1 Å². The molecule has 0 amide bonds. The summed E-state index contributed by atoms with van der Waals surface area (Å²) in [5.41, 5.74) is 1.33. The Morgan fingerprint density at radius 2 is 1.93 bits per heavy atom. The third-order valence-corrected chi connectivity index (χ3v) is 6.03. The van der Waals surface area contributed by atoms with E-state index in [1.165, 1.54) is 16.8 Å². The summed E-state index contributed by atoms with van der Waals surface area (Å²) in [4.78, 5) is 12.0. The second-order valence-electron chi connectivity index (χ2n) is 6.02. The molecule has 0 N–H and O–H groups in total. The van der Waals surface area contributed by atoms with Gasteiger partial charge in [0.2, 0.25) is 0 Å². The van der Waals surface area contributed by atoms with Crippen molar-refractivity contribution in [3.8, 4) is 16.9 Å². The molecule has 0 unspecified atom stereocenters. The van der Waals surface area contributed by atoms with Gasteiger partial charge in [-0.1, -0.05) is 30.3 Å². The van der Waals surface area contributed by atoms with Crippen LogP contribution in [0, 0.1) is 5.82 Å². The second kappa shape index (κ2) is 6.31. The van der Waals surface area contributed by atoms with Gasteiger partial charge in [0, 0.05) is 11.1 Å². The van der Waals surface area contributed by atoms with Crippen LogP contribution in [0.1, 0.15) is 23.0 Å². The molecule has 1 aromatic heterocycles. The van der Waals surface area contributed by atoms with Gasteiger partial charge in [0.25, 0.3) is 0 Å². The molecule has 27 heavy (non-hydrogen) atoms. The lowest BCUT2D eigenvalue weighted by atomic mass is 10.1. The SMILES string of the molecule is CCOC(=O)c1nn(-c2ccccc2)c2c1CS(=O)(=O)c1c(F)cccc1-2. The third-order valence-electron chi connectivity index (χ3n) is 4.32. The Balaban J connectivity index is 2.08. The molecule has 0 saturated carbocycles. The summed E-state index contributed by atoms with van der Waals surface area (Å²) in [7, 11) is -3.96. The predicted molar refractivity (Wildman–Crippen MR) is 95.8 cm³/mol. The largest absolute Gasteiger partial charge is 0.461 e. The number of sulfone groups is 1. The fourth-order valence-corrected chi connectivity index (χ4v) is 4.92. The summed E-state index contributed by atoms with van der Waals surface area (Å²) in [6.45, 7) is 1.78. The van der Waals surface area contributed by atoms with Crippen LogP contribution >= 0.6 is 0 Å². The maximum absolute atomic E-state index is 14.4. The number of para-hydroxylation sites is 1. The Morgan fingerprint density at radius 1 is 1.19 bits per heavy atom. The number of rotatable bonds is 3. The van der Waals surface area contributed by atoms with Gasteiger partial charge in [-0.15, -0.1) is 0 Å². The minimum absolute atomic E-state index is 0.0748. The van der Waals surface area contributed by atoms with Crippen LogP contribution in [-0.4, -0.2) is 30.8 Å². The van der Waals surface area contributed by atoms with E-state index in [1.54, 1.807) is 31.2 Å². The number of hydrogen-bond acceptors (Lipinski definition) is 5. The molecular formula is C19H15FN2O4S. The van der Waals surface area contributed by atoms with Gasteiger partial charge < -0.3 is 4.74 Å². The highest BCUT2D eigenvalue weighted by Gasteiger charge is 2.38. The molecule has 3 aromatic rings. The Labute approximate surface area is 155 Å². The molecule has 0 saturated heterocycles. The van der Waals surface area contributed by atoms with E-state index >= 15 is 0 Å². The molecule has 2 heterocycles. The number of halogens is 1. The first kappa shape index (κ1) is 17.4. The van der Waals surface area contributed by atoms with Crippen molar-refractivity contribution in [1.82, 2.24) is 9.78 Å². The van der Waals surface area contributed by atoms with Gasteiger partial charge in [0.1, 0.15) is 10.7 Å². The number of nitrogens with zero attached hydrogens (tertiary/aromatic N) is 2. The normalized spacial score (nSPS) is 14.3. The second-order valence-corrected chi connectivity index (χ2v) is 7.95. The lowest BCUT2D eigenvalue weighted by molar-refractivity contribution is 0.0518. The summed E-state index contributed by atoms with van der Waals surface area (Å²) in [6.07, 6.45) is 0. The average Bonchev–Trinajstić information content (AvgIpc) is 3.01. The van der Waals surface area contributed by atoms with Gasteiger partial charge in [-0.3, -0.25) is 0 Å². The maximum Gasteiger partial charge on any atom is 0.359 e. The average molecular weight is 386 g/mol. The number of benzene rings is 2. The standard InChI is InChI=1S/C19H15FN2O4S/c1-2-26-19(23)16-14-11-27(24,25)18-13(9-6-10-15(18)20)17(14)22(21-16)12-7-4-3-5-8-12/h3-10H,2,11H2,1H3. The molecule has 2 aromatic carbocycles. The van der Waals surface area contributed by atoms with Crippen LogP contribution in [0.4, 0.5) is 4.39 Å². The molecule has 4 rings (SSSR count). The summed E-state index contributed by atoms with van der Waals surface area (Å²) in [5.74, 6) is -2.05. The van der Waals surface area contributed by atoms with Gasteiger partial charge in [-0.2, -0.15) is 5.10 Å². The topological polar surface area (TPSA) is 78.3 Å². The lowest BCUT2D eigenvalue weighted by Crippen LogP contribution is -2.17. The maximum atomic E-state index is 14.4.